The van der Waals surface area contributed by atoms with E-state index in [1.54, 1.807) is 23.2 Å². The van der Waals surface area contributed by atoms with E-state index in [0.29, 0.717) is 30.6 Å². The van der Waals surface area contributed by atoms with Crippen molar-refractivity contribution < 1.29 is 17.6 Å². The number of amides is 1. The summed E-state index contributed by atoms with van der Waals surface area (Å²) in [5.74, 6) is -0.659. The minimum atomic E-state index is -3.70. The van der Waals surface area contributed by atoms with Gasteiger partial charge in [0.1, 0.15) is 5.82 Å². The summed E-state index contributed by atoms with van der Waals surface area (Å²) in [6.45, 7) is 4.39. The number of nitrogens with zero attached hydrogens (tertiary/aromatic N) is 2. The Morgan fingerprint density at radius 3 is 2.82 bits per heavy atom. The monoisotopic (exact) mass is 401 g/mol. The van der Waals surface area contributed by atoms with Gasteiger partial charge in [0.15, 0.2) is 0 Å². The van der Waals surface area contributed by atoms with Crippen LogP contribution in [0.1, 0.15) is 22.3 Å². The largest absolute Gasteiger partial charge is 0.335 e. The molecule has 1 aromatic carbocycles. The maximum Gasteiger partial charge on any atom is 0.254 e. The fourth-order valence-corrected chi connectivity index (χ4v) is 3.98. The zero-order valence-corrected chi connectivity index (χ0v) is 16.0. The van der Waals surface area contributed by atoms with Crippen LogP contribution in [0.4, 0.5) is 4.39 Å². The first kappa shape index (κ1) is 19.9. The van der Waals surface area contributed by atoms with Crippen molar-refractivity contribution in [3.8, 4) is 0 Å². The molecule has 0 bridgehead atoms. The fraction of sp³-hybridized carbons (Fsp3) is 0.200. The number of rotatable bonds is 6. The Hall–Kier alpha value is -2.84. The first-order chi connectivity index (χ1) is 13.4. The molecule has 8 heteroatoms. The van der Waals surface area contributed by atoms with Crippen molar-refractivity contribution in [3.63, 3.8) is 0 Å². The number of halogens is 1. The smallest absolute Gasteiger partial charge is 0.254 e. The van der Waals surface area contributed by atoms with E-state index >= 15 is 0 Å². The summed E-state index contributed by atoms with van der Waals surface area (Å²) in [6, 6.07) is 7.35. The van der Waals surface area contributed by atoms with E-state index in [9.17, 15) is 17.6 Å². The van der Waals surface area contributed by atoms with Crippen molar-refractivity contribution in [1.29, 1.82) is 0 Å². The number of hydrogen-bond acceptors (Lipinski definition) is 4. The van der Waals surface area contributed by atoms with Crippen molar-refractivity contribution in [2.24, 2.45) is 0 Å². The van der Waals surface area contributed by atoms with Gasteiger partial charge in [0.2, 0.25) is 10.0 Å². The summed E-state index contributed by atoms with van der Waals surface area (Å²) >= 11 is 0. The highest BCUT2D eigenvalue weighted by molar-refractivity contribution is 7.89. The Bertz CT molecular complexity index is 1030. The summed E-state index contributed by atoms with van der Waals surface area (Å²) in [4.78, 5) is 18.3. The van der Waals surface area contributed by atoms with E-state index in [4.69, 9.17) is 0 Å². The van der Waals surface area contributed by atoms with E-state index in [1.165, 1.54) is 24.3 Å². The average Bonchev–Trinajstić information content (AvgIpc) is 2.72. The maximum absolute atomic E-state index is 13.3. The minimum absolute atomic E-state index is 0.0271. The Balaban J connectivity index is 1.75. The molecule has 0 saturated heterocycles. The summed E-state index contributed by atoms with van der Waals surface area (Å²) in [6.07, 6.45) is 6.61. The summed E-state index contributed by atoms with van der Waals surface area (Å²) < 4.78 is 40.2. The van der Waals surface area contributed by atoms with Crippen LogP contribution in [0.25, 0.3) is 5.57 Å². The number of aromatic nitrogens is 1. The van der Waals surface area contributed by atoms with Crippen LogP contribution in [0.15, 0.2) is 66.4 Å². The molecule has 146 valence electrons. The molecule has 1 aliphatic heterocycles. The highest BCUT2D eigenvalue weighted by Gasteiger charge is 2.21. The quantitative estimate of drug-likeness (QED) is 0.755. The number of benzene rings is 1. The minimum Gasteiger partial charge on any atom is -0.335 e. The lowest BCUT2D eigenvalue weighted by Gasteiger charge is -2.27. The van der Waals surface area contributed by atoms with Gasteiger partial charge in [-0.25, -0.2) is 17.5 Å². The number of hydrogen-bond donors (Lipinski definition) is 1. The highest BCUT2D eigenvalue weighted by atomic mass is 32.2. The molecule has 0 fully saturated rings. The molecule has 0 spiro atoms. The first-order valence-electron chi connectivity index (χ1n) is 8.70. The lowest BCUT2D eigenvalue weighted by atomic mass is 10.0. The van der Waals surface area contributed by atoms with E-state index in [0.717, 1.165) is 11.8 Å². The van der Waals surface area contributed by atoms with Crippen LogP contribution in [-0.4, -0.2) is 43.8 Å². The third kappa shape index (κ3) is 4.52. The SMILES string of the molecule is C=CCNS(=O)(=O)c1cccc(C(=O)N2CC=C(c3cncc(F)c3)CC2)c1. The van der Waals surface area contributed by atoms with Gasteiger partial charge in [0, 0.05) is 31.4 Å². The molecule has 2 heterocycles. The molecule has 1 aromatic heterocycles. The van der Waals surface area contributed by atoms with Gasteiger partial charge in [-0.15, -0.1) is 6.58 Å². The zero-order valence-electron chi connectivity index (χ0n) is 15.1. The molecule has 3 rings (SSSR count). The molecule has 6 nitrogen and oxygen atoms in total. The van der Waals surface area contributed by atoms with Crippen LogP contribution in [0.2, 0.25) is 0 Å². The molecule has 1 aliphatic rings. The lowest BCUT2D eigenvalue weighted by molar-refractivity contribution is 0.0772. The zero-order chi connectivity index (χ0) is 20.1. The molecular weight excluding hydrogens is 381 g/mol. The van der Waals surface area contributed by atoms with Crippen LogP contribution in [-0.2, 0) is 10.0 Å². The molecule has 0 saturated carbocycles. The number of pyridine rings is 1. The van der Waals surface area contributed by atoms with Crippen LogP contribution >= 0.6 is 0 Å². The maximum atomic E-state index is 13.3. The first-order valence-corrected chi connectivity index (χ1v) is 10.2. The van der Waals surface area contributed by atoms with E-state index < -0.39 is 15.8 Å². The summed E-state index contributed by atoms with van der Waals surface area (Å²) in [5, 5.41) is 0. The number of sulfonamides is 1. The Morgan fingerprint density at radius 1 is 1.32 bits per heavy atom. The van der Waals surface area contributed by atoms with E-state index in [-0.39, 0.29) is 17.3 Å². The van der Waals surface area contributed by atoms with Crippen molar-refractivity contribution in [3.05, 3.63) is 78.4 Å². The van der Waals surface area contributed by atoms with Gasteiger partial charge >= 0.3 is 0 Å². The second-order valence-corrected chi connectivity index (χ2v) is 8.06. The van der Waals surface area contributed by atoms with Gasteiger partial charge in [-0.2, -0.15) is 0 Å². The second kappa shape index (κ2) is 8.45. The molecule has 2 aromatic rings. The van der Waals surface area contributed by atoms with Crippen molar-refractivity contribution in [1.82, 2.24) is 14.6 Å². The van der Waals surface area contributed by atoms with Crippen molar-refractivity contribution >= 4 is 21.5 Å². The van der Waals surface area contributed by atoms with Gasteiger partial charge < -0.3 is 4.90 Å². The van der Waals surface area contributed by atoms with Crippen LogP contribution in [0.3, 0.4) is 0 Å². The molecule has 0 aliphatic carbocycles. The van der Waals surface area contributed by atoms with Crippen LogP contribution in [0.5, 0.6) is 0 Å². The standard InChI is InChI=1S/C20H20FN3O3S/c1-2-8-23-28(26,27)19-5-3-4-16(12-19)20(25)24-9-6-15(7-10-24)17-11-18(21)14-22-13-17/h2-6,11-14,23H,1,7-10H2. The van der Waals surface area contributed by atoms with Crippen LogP contribution < -0.4 is 4.72 Å². The lowest BCUT2D eigenvalue weighted by Crippen LogP contribution is -2.34. The van der Waals surface area contributed by atoms with E-state index in [1.807, 2.05) is 6.08 Å². The predicted octanol–water partition coefficient (Wildman–Crippen LogP) is 2.61. The molecule has 1 N–H and O–H groups in total. The molecule has 0 radical (unpaired) electrons. The normalized spacial score (nSPS) is 14.5. The van der Waals surface area contributed by atoms with Crippen molar-refractivity contribution in [2.45, 2.75) is 11.3 Å². The van der Waals surface area contributed by atoms with Gasteiger partial charge in [-0.3, -0.25) is 9.78 Å². The Labute approximate surface area is 163 Å². The Morgan fingerprint density at radius 2 is 2.14 bits per heavy atom. The van der Waals surface area contributed by atoms with Gasteiger partial charge in [-0.05, 0) is 41.8 Å². The molecular formula is C20H20FN3O3S. The molecule has 1 amide bonds. The van der Waals surface area contributed by atoms with Gasteiger partial charge in [0.25, 0.3) is 5.91 Å². The predicted molar refractivity (Wildman–Crippen MR) is 105 cm³/mol. The molecule has 28 heavy (non-hydrogen) atoms. The molecule has 0 unspecified atom stereocenters. The third-order valence-corrected chi connectivity index (χ3v) is 5.80. The fourth-order valence-electron chi connectivity index (χ4n) is 2.93. The third-order valence-electron chi connectivity index (χ3n) is 4.38. The van der Waals surface area contributed by atoms with Crippen LogP contribution in [0, 0.1) is 5.82 Å². The second-order valence-electron chi connectivity index (χ2n) is 6.29. The highest BCUT2D eigenvalue weighted by Crippen LogP contribution is 2.23. The summed E-state index contributed by atoms with van der Waals surface area (Å²) in [5.41, 5.74) is 1.93. The Kier molecular flexibility index (Phi) is 6.01. The van der Waals surface area contributed by atoms with Gasteiger partial charge in [0.05, 0.1) is 11.1 Å². The number of carbonyl (C=O) groups excluding carboxylic acids is 1. The topological polar surface area (TPSA) is 79.4 Å². The van der Waals surface area contributed by atoms with Gasteiger partial charge in [-0.1, -0.05) is 18.2 Å². The average molecular weight is 401 g/mol. The van der Waals surface area contributed by atoms with E-state index in [2.05, 4.69) is 16.3 Å². The summed E-state index contributed by atoms with van der Waals surface area (Å²) in [7, 11) is -3.70. The van der Waals surface area contributed by atoms with Crippen molar-refractivity contribution in [2.75, 3.05) is 19.6 Å². The number of carbonyl (C=O) groups is 1. The molecule has 0 atom stereocenters. The number of nitrogens with one attached hydrogen (secondary N) is 1.